The number of carbonyl (C=O) groups is 1. The third-order valence-corrected chi connectivity index (χ3v) is 0.412. The van der Waals surface area contributed by atoms with Crippen LogP contribution in [0.3, 0.4) is 0 Å². The molecule has 0 amide bonds. The smallest absolute Gasteiger partial charge is 0.512 e. The average molecular weight is 189 g/mol. The number of aliphatic hydroxyl groups excluding tert-OH is 1. The van der Waals surface area contributed by atoms with Crippen LogP contribution in [0.5, 0.6) is 0 Å². The summed E-state index contributed by atoms with van der Waals surface area (Å²) in [5.74, 6) is -0.0625. The predicted molar refractivity (Wildman–Crippen MR) is 39.9 cm³/mol. The molecule has 0 bridgehead atoms. The van der Waals surface area contributed by atoms with E-state index >= 15 is 0 Å². The second kappa shape index (κ2) is 11.5. The average Bonchev–Trinajstić information content (AvgIpc) is 1.27. The molecule has 0 heterocycles. The van der Waals surface area contributed by atoms with Crippen molar-refractivity contribution in [3.63, 3.8) is 0 Å². The van der Waals surface area contributed by atoms with Gasteiger partial charge in [-0.05, 0) is 13.8 Å². The maximum Gasteiger partial charge on any atom is 2.00 e. The van der Waals surface area contributed by atoms with Crippen molar-refractivity contribution in [3.8, 4) is 0 Å². The summed E-state index contributed by atoms with van der Waals surface area (Å²) in [5.41, 5.74) is 0. The summed E-state index contributed by atoms with van der Waals surface area (Å²) in [7, 11) is 0. The molecule has 0 aromatic carbocycles. The molecule has 0 saturated carbocycles. The van der Waals surface area contributed by atoms with E-state index in [-0.39, 0.29) is 43.2 Å². The number of rotatable bonds is 1. The number of ketones is 1. The van der Waals surface area contributed by atoms with Gasteiger partial charge in [0, 0.05) is 6.08 Å². The van der Waals surface area contributed by atoms with Gasteiger partial charge in [0.05, 0.1) is 5.76 Å². The van der Waals surface area contributed by atoms with Crippen LogP contribution in [0.1, 0.15) is 13.8 Å². The second-order valence-corrected chi connectivity index (χ2v) is 1.40. The second-order valence-electron chi connectivity index (χ2n) is 1.40. The Hall–Kier alpha value is -0.284. The molecule has 0 aliphatic carbocycles. The predicted octanol–water partition coefficient (Wildman–Crippen LogP) is 1.94. The Morgan fingerprint density at radius 2 is 1.60 bits per heavy atom. The van der Waals surface area contributed by atoms with Crippen LogP contribution < -0.4 is 0 Å². The number of hydrogen-bond acceptors (Lipinski definition) is 2. The molecule has 0 fully saturated rings. The van der Waals surface area contributed by atoms with Gasteiger partial charge in [0.25, 0.3) is 0 Å². The summed E-state index contributed by atoms with van der Waals surface area (Å²) >= 11 is 0. The van der Waals surface area contributed by atoms with Gasteiger partial charge in [0.1, 0.15) is 0 Å². The van der Waals surface area contributed by atoms with Gasteiger partial charge < -0.3 is 20.0 Å². The van der Waals surface area contributed by atoms with Crippen LogP contribution in [-0.2, 0) is 21.6 Å². The van der Waals surface area contributed by atoms with Crippen LogP contribution in [0.15, 0.2) is 11.8 Å². The van der Waals surface area contributed by atoms with Crippen molar-refractivity contribution in [2.24, 2.45) is 0 Å². The van der Waals surface area contributed by atoms with Gasteiger partial charge in [-0.1, -0.05) is 0 Å². The molecular formula is C7H14CoO2. The summed E-state index contributed by atoms with van der Waals surface area (Å²) in [6.07, 6.45) is 1.17. The molecule has 0 unspecified atom stereocenters. The number of allylic oxidation sites excluding steroid dienone is 2. The summed E-state index contributed by atoms with van der Waals surface area (Å²) < 4.78 is 0. The molecule has 63 valence electrons. The zero-order chi connectivity index (χ0) is 5.86. The largest absolute Gasteiger partial charge is 2.00 e. The Bertz CT molecular complexity index is 104. The first-order chi connectivity index (χ1) is 3.13. The van der Waals surface area contributed by atoms with Gasteiger partial charge in [-0.25, -0.2) is 0 Å². The maximum atomic E-state index is 10.0. The van der Waals surface area contributed by atoms with Gasteiger partial charge in [-0.15, -0.1) is 0 Å². The zero-order valence-electron chi connectivity index (χ0n) is 6.77. The Kier molecular flexibility index (Phi) is 26.0. The first kappa shape index (κ1) is 22.6. The van der Waals surface area contributed by atoms with E-state index in [9.17, 15) is 4.79 Å². The molecule has 0 saturated heterocycles. The van der Waals surface area contributed by atoms with Crippen molar-refractivity contribution < 1.29 is 26.7 Å². The fraction of sp³-hybridized carbons (Fsp3) is 0.286. The van der Waals surface area contributed by atoms with Crippen molar-refractivity contribution in [2.75, 3.05) is 0 Å². The third kappa shape index (κ3) is 25.2. The maximum absolute atomic E-state index is 10.0. The van der Waals surface area contributed by atoms with Crippen molar-refractivity contribution in [1.82, 2.24) is 0 Å². The molecule has 10 heavy (non-hydrogen) atoms. The van der Waals surface area contributed by atoms with Gasteiger partial charge in [-0.3, -0.25) is 4.79 Å². The molecule has 2 nitrogen and oxygen atoms in total. The van der Waals surface area contributed by atoms with Crippen LogP contribution in [0.25, 0.3) is 0 Å². The first-order valence-electron chi connectivity index (χ1n) is 2.01. The van der Waals surface area contributed by atoms with Crippen LogP contribution >= 0.6 is 0 Å². The van der Waals surface area contributed by atoms with E-state index in [0.29, 0.717) is 0 Å². The van der Waals surface area contributed by atoms with E-state index in [1.54, 1.807) is 0 Å². The van der Waals surface area contributed by atoms with Gasteiger partial charge in [0.2, 0.25) is 0 Å². The molecule has 1 radical (unpaired) electrons. The SMILES string of the molecule is CC(=O)/C=C(/C)O.[CH3-].[CH3-].[Co+2]. The van der Waals surface area contributed by atoms with E-state index in [4.69, 9.17) is 5.11 Å². The molecule has 1 N–H and O–H groups in total. The topological polar surface area (TPSA) is 37.3 Å². The molecule has 0 aromatic rings. The van der Waals surface area contributed by atoms with Gasteiger partial charge >= 0.3 is 16.8 Å². The van der Waals surface area contributed by atoms with Crippen LogP contribution in [0, 0.1) is 14.9 Å². The van der Waals surface area contributed by atoms with E-state index in [1.165, 1.54) is 19.9 Å². The molecule has 0 aliphatic heterocycles. The number of aliphatic hydroxyl groups is 1. The van der Waals surface area contributed by atoms with Gasteiger partial charge in [0.15, 0.2) is 5.78 Å². The molecule has 3 heteroatoms. The van der Waals surface area contributed by atoms with E-state index < -0.39 is 0 Å². The minimum atomic E-state index is -0.125. The molecule has 0 atom stereocenters. The van der Waals surface area contributed by atoms with Crippen LogP contribution in [0.4, 0.5) is 0 Å². The molecule has 0 spiro atoms. The van der Waals surface area contributed by atoms with Crippen molar-refractivity contribution >= 4 is 5.78 Å². The Morgan fingerprint density at radius 3 is 1.60 bits per heavy atom. The Balaban J connectivity index is -0.0000000600. The zero-order valence-corrected chi connectivity index (χ0v) is 7.81. The fourth-order valence-electron chi connectivity index (χ4n) is 0.294. The normalized spacial score (nSPS) is 8.00. The van der Waals surface area contributed by atoms with Crippen molar-refractivity contribution in [1.29, 1.82) is 0 Å². The van der Waals surface area contributed by atoms with E-state index in [0.717, 1.165) is 0 Å². The fourth-order valence-corrected chi connectivity index (χ4v) is 0.294. The number of carbonyl (C=O) groups excluding carboxylic acids is 1. The minimum absolute atomic E-state index is 0. The summed E-state index contributed by atoms with van der Waals surface area (Å²) in [6.45, 7) is 2.85. The monoisotopic (exact) mass is 189 g/mol. The molecular weight excluding hydrogens is 175 g/mol. The standard InChI is InChI=1S/C5H8O2.2CH3.Co/c1-4(6)3-5(2)7;;;/h3,6H,1-2H3;2*1H3;/q;2*-1;+2/b4-3-;;;. The van der Waals surface area contributed by atoms with Gasteiger partial charge in [-0.2, -0.15) is 0 Å². The quantitative estimate of drug-likeness (QED) is 0.388. The first-order valence-corrected chi connectivity index (χ1v) is 2.01. The van der Waals surface area contributed by atoms with Crippen LogP contribution in [-0.4, -0.2) is 10.9 Å². The number of hydrogen-bond donors (Lipinski definition) is 1. The van der Waals surface area contributed by atoms with Crippen LogP contribution in [0.2, 0.25) is 0 Å². The van der Waals surface area contributed by atoms with Crippen molar-refractivity contribution in [2.45, 2.75) is 13.8 Å². The third-order valence-electron chi connectivity index (χ3n) is 0.412. The molecule has 0 aromatic heterocycles. The van der Waals surface area contributed by atoms with Crippen molar-refractivity contribution in [3.05, 3.63) is 26.7 Å². The summed E-state index contributed by atoms with van der Waals surface area (Å²) in [5, 5.41) is 8.36. The molecule has 0 aliphatic rings. The van der Waals surface area contributed by atoms with E-state index in [1.807, 2.05) is 0 Å². The molecule has 0 rings (SSSR count). The summed E-state index contributed by atoms with van der Waals surface area (Å²) in [4.78, 5) is 10.0. The Labute approximate surface area is 73.5 Å². The Morgan fingerprint density at radius 1 is 1.30 bits per heavy atom. The minimum Gasteiger partial charge on any atom is -0.512 e. The summed E-state index contributed by atoms with van der Waals surface area (Å²) in [6, 6.07) is 0. The van der Waals surface area contributed by atoms with E-state index in [2.05, 4.69) is 0 Å².